The highest BCUT2D eigenvalue weighted by Gasteiger charge is 2.23. The molecule has 134 valence electrons. The summed E-state index contributed by atoms with van der Waals surface area (Å²) in [6.45, 7) is 1.84. The highest BCUT2D eigenvalue weighted by molar-refractivity contribution is 7.14. The van der Waals surface area contributed by atoms with Crippen LogP contribution < -0.4 is 16.4 Å². The third-order valence-corrected chi connectivity index (χ3v) is 5.58. The summed E-state index contributed by atoms with van der Waals surface area (Å²) in [6, 6.07) is 1.22. The molecule has 2 aromatic rings. The number of nitrogens with one attached hydrogen (secondary N) is 2. The highest BCUT2D eigenvalue weighted by atomic mass is 32.1. The number of carbonyl (C=O) groups is 2. The average Bonchev–Trinajstić information content (AvgIpc) is 3.26. The third-order valence-electron chi connectivity index (χ3n) is 4.35. The van der Waals surface area contributed by atoms with E-state index < -0.39 is 6.03 Å². The number of anilines is 1. The smallest absolute Gasteiger partial charge is 0.316 e. The van der Waals surface area contributed by atoms with Gasteiger partial charge in [0.2, 0.25) is 0 Å². The fourth-order valence-electron chi connectivity index (χ4n) is 3.11. The fourth-order valence-corrected chi connectivity index (χ4v) is 4.17. The van der Waals surface area contributed by atoms with Crippen molar-refractivity contribution < 1.29 is 9.59 Å². The van der Waals surface area contributed by atoms with Crippen LogP contribution in [0.2, 0.25) is 0 Å². The van der Waals surface area contributed by atoms with E-state index in [1.54, 1.807) is 4.68 Å². The molecule has 4 N–H and O–H groups in total. The zero-order valence-electron chi connectivity index (χ0n) is 14.2. The Labute approximate surface area is 150 Å². The molecule has 1 fully saturated rings. The Morgan fingerprint density at radius 2 is 2.32 bits per heavy atom. The number of hydrogen-bond donors (Lipinski definition) is 3. The second-order valence-corrected chi connectivity index (χ2v) is 7.59. The largest absolute Gasteiger partial charge is 0.351 e. The van der Waals surface area contributed by atoms with Gasteiger partial charge in [0, 0.05) is 24.5 Å². The minimum absolute atomic E-state index is 0.0788. The molecule has 0 saturated carbocycles. The van der Waals surface area contributed by atoms with Gasteiger partial charge in [-0.2, -0.15) is 5.10 Å². The molecule has 0 bridgehead atoms. The Morgan fingerprint density at radius 1 is 1.48 bits per heavy atom. The van der Waals surface area contributed by atoms with Crippen molar-refractivity contribution in [3.8, 4) is 0 Å². The summed E-state index contributed by atoms with van der Waals surface area (Å²) in [7, 11) is 1.89. The molecule has 3 heterocycles. The van der Waals surface area contributed by atoms with Crippen molar-refractivity contribution in [1.29, 1.82) is 0 Å². The van der Waals surface area contributed by atoms with Crippen molar-refractivity contribution in [2.45, 2.75) is 25.7 Å². The van der Waals surface area contributed by atoms with Crippen LogP contribution in [0.4, 0.5) is 10.5 Å². The number of Topliss-reactive ketones (excluding diaryl/α,β-unsaturated/α-hetero) is 1. The summed E-state index contributed by atoms with van der Waals surface area (Å²) in [5, 5.41) is 10.0. The Balaban J connectivity index is 1.71. The SMILES string of the molecule is Cn1cc(CCc2cc(NC(N)=O)c(C(=O)CC3CCNC3)s2)cn1. The predicted molar refractivity (Wildman–Crippen MR) is 98.1 cm³/mol. The van der Waals surface area contributed by atoms with Gasteiger partial charge < -0.3 is 16.4 Å². The van der Waals surface area contributed by atoms with Crippen LogP contribution in [0.3, 0.4) is 0 Å². The summed E-state index contributed by atoms with van der Waals surface area (Å²) in [5.41, 5.74) is 6.94. The zero-order valence-corrected chi connectivity index (χ0v) is 15.1. The van der Waals surface area contributed by atoms with E-state index in [2.05, 4.69) is 15.7 Å². The third kappa shape index (κ3) is 4.67. The lowest BCUT2D eigenvalue weighted by molar-refractivity contribution is 0.0969. The van der Waals surface area contributed by atoms with Crippen molar-refractivity contribution in [3.05, 3.63) is 33.8 Å². The van der Waals surface area contributed by atoms with Crippen LogP contribution in [-0.2, 0) is 19.9 Å². The minimum atomic E-state index is -0.645. The lowest BCUT2D eigenvalue weighted by atomic mass is 10.0. The number of aromatic nitrogens is 2. The molecule has 1 aliphatic rings. The summed E-state index contributed by atoms with van der Waals surface area (Å²) in [4.78, 5) is 25.6. The van der Waals surface area contributed by atoms with Gasteiger partial charge in [-0.15, -0.1) is 11.3 Å². The minimum Gasteiger partial charge on any atom is -0.351 e. The molecular weight excluding hydrogens is 338 g/mol. The van der Waals surface area contributed by atoms with Crippen LogP contribution >= 0.6 is 11.3 Å². The number of thiophene rings is 1. The first-order chi connectivity index (χ1) is 12.0. The molecule has 7 nitrogen and oxygen atoms in total. The second-order valence-electron chi connectivity index (χ2n) is 6.45. The summed E-state index contributed by atoms with van der Waals surface area (Å²) in [6.07, 6.45) is 6.98. The maximum Gasteiger partial charge on any atom is 0.316 e. The van der Waals surface area contributed by atoms with Crippen molar-refractivity contribution in [3.63, 3.8) is 0 Å². The predicted octanol–water partition coefficient (Wildman–Crippen LogP) is 1.94. The first-order valence-electron chi connectivity index (χ1n) is 8.42. The Bertz CT molecular complexity index is 761. The van der Waals surface area contributed by atoms with Crippen LogP contribution in [0.25, 0.3) is 0 Å². The number of nitrogens with two attached hydrogens (primary N) is 1. The standard InChI is InChI=1S/C17H23N5O2S/c1-22-10-12(9-20-22)2-3-13-7-14(21-17(18)24)16(25-13)15(23)6-11-4-5-19-8-11/h7,9-11,19H,2-6,8H2,1H3,(H3,18,21,24). The van der Waals surface area contributed by atoms with E-state index in [0.29, 0.717) is 22.9 Å². The molecule has 0 spiro atoms. The van der Waals surface area contributed by atoms with Crippen LogP contribution in [0.5, 0.6) is 0 Å². The maximum absolute atomic E-state index is 12.7. The van der Waals surface area contributed by atoms with E-state index in [-0.39, 0.29) is 5.78 Å². The van der Waals surface area contributed by atoms with Gasteiger partial charge in [0.05, 0.1) is 16.8 Å². The van der Waals surface area contributed by atoms with E-state index >= 15 is 0 Å². The number of aryl methyl sites for hydroxylation is 3. The normalized spacial score (nSPS) is 16.9. The number of nitrogens with zero attached hydrogens (tertiary/aromatic N) is 2. The summed E-state index contributed by atoms with van der Waals surface area (Å²) in [5.74, 6) is 0.449. The quantitative estimate of drug-likeness (QED) is 0.656. The van der Waals surface area contributed by atoms with E-state index in [9.17, 15) is 9.59 Å². The Kier molecular flexibility index (Phi) is 5.50. The summed E-state index contributed by atoms with van der Waals surface area (Å²) < 4.78 is 1.77. The van der Waals surface area contributed by atoms with Gasteiger partial charge in [-0.25, -0.2) is 4.79 Å². The Hall–Kier alpha value is -2.19. The molecule has 0 aliphatic carbocycles. The van der Waals surface area contributed by atoms with E-state index in [1.165, 1.54) is 11.3 Å². The van der Waals surface area contributed by atoms with Gasteiger partial charge in [-0.05, 0) is 49.9 Å². The Morgan fingerprint density at radius 3 is 2.96 bits per heavy atom. The van der Waals surface area contributed by atoms with Gasteiger partial charge in [0.15, 0.2) is 5.78 Å². The average molecular weight is 361 g/mol. The number of carbonyl (C=O) groups excluding carboxylic acids is 2. The van der Waals surface area contributed by atoms with Gasteiger partial charge in [0.1, 0.15) is 0 Å². The molecule has 1 unspecified atom stereocenters. The number of primary amides is 1. The van der Waals surface area contributed by atoms with Crippen LogP contribution in [-0.4, -0.2) is 34.7 Å². The summed E-state index contributed by atoms with van der Waals surface area (Å²) >= 11 is 1.45. The molecular formula is C17H23N5O2S. The maximum atomic E-state index is 12.7. The molecule has 0 aromatic carbocycles. The number of urea groups is 1. The van der Waals surface area contributed by atoms with E-state index in [4.69, 9.17) is 5.73 Å². The van der Waals surface area contributed by atoms with Crippen molar-refractivity contribution in [1.82, 2.24) is 15.1 Å². The molecule has 0 radical (unpaired) electrons. The number of rotatable bonds is 7. The van der Waals surface area contributed by atoms with Crippen LogP contribution in [0, 0.1) is 5.92 Å². The monoisotopic (exact) mass is 361 g/mol. The van der Waals surface area contributed by atoms with Crippen LogP contribution in [0.15, 0.2) is 18.5 Å². The lowest BCUT2D eigenvalue weighted by Crippen LogP contribution is -2.20. The topological polar surface area (TPSA) is 102 Å². The lowest BCUT2D eigenvalue weighted by Gasteiger charge is -2.07. The molecule has 3 rings (SSSR count). The van der Waals surface area contributed by atoms with Crippen LogP contribution in [0.1, 0.15) is 33.0 Å². The van der Waals surface area contributed by atoms with Gasteiger partial charge >= 0.3 is 6.03 Å². The zero-order chi connectivity index (χ0) is 17.8. The van der Waals surface area contributed by atoms with Crippen molar-refractivity contribution in [2.24, 2.45) is 18.7 Å². The van der Waals surface area contributed by atoms with Gasteiger partial charge in [0.25, 0.3) is 0 Å². The molecule has 25 heavy (non-hydrogen) atoms. The highest BCUT2D eigenvalue weighted by Crippen LogP contribution is 2.31. The number of ketones is 1. The number of hydrogen-bond acceptors (Lipinski definition) is 5. The molecule has 1 atom stereocenters. The molecule has 2 amide bonds. The van der Waals surface area contributed by atoms with Crippen molar-refractivity contribution >= 4 is 28.8 Å². The molecule has 1 saturated heterocycles. The molecule has 8 heteroatoms. The first kappa shape index (κ1) is 17.6. The first-order valence-corrected chi connectivity index (χ1v) is 9.23. The second kappa shape index (κ2) is 7.79. The van der Waals surface area contributed by atoms with Crippen molar-refractivity contribution in [2.75, 3.05) is 18.4 Å². The molecule has 2 aromatic heterocycles. The van der Waals surface area contributed by atoms with Gasteiger partial charge in [-0.1, -0.05) is 0 Å². The fraction of sp³-hybridized carbons (Fsp3) is 0.471. The van der Waals surface area contributed by atoms with E-state index in [1.807, 2.05) is 25.5 Å². The van der Waals surface area contributed by atoms with E-state index in [0.717, 1.165) is 42.8 Å². The number of amides is 2. The molecule has 1 aliphatic heterocycles. The van der Waals surface area contributed by atoms with Gasteiger partial charge in [-0.3, -0.25) is 9.48 Å².